The third-order valence-electron chi connectivity index (χ3n) is 3.44. The largest absolute Gasteiger partial charge is 0.366 e. The number of benzene rings is 1. The van der Waals surface area contributed by atoms with Crippen LogP contribution in [0.3, 0.4) is 0 Å². The van der Waals surface area contributed by atoms with Crippen molar-refractivity contribution < 1.29 is 9.59 Å². The smallest absolute Gasteiger partial charge is 0.248 e. The first-order chi connectivity index (χ1) is 9.49. The SMILES string of the molecule is CC1NCCCN(Cc2ccc(C(N)=O)cc2Cl)C1=O. The molecule has 5 nitrogen and oxygen atoms in total. The second-order valence-electron chi connectivity index (χ2n) is 4.96. The van der Waals surface area contributed by atoms with Gasteiger partial charge in [0.1, 0.15) is 0 Å². The molecule has 0 aromatic heterocycles. The number of nitrogens with zero attached hydrogens (tertiary/aromatic N) is 1. The molecule has 20 heavy (non-hydrogen) atoms. The lowest BCUT2D eigenvalue weighted by Gasteiger charge is -2.23. The Kier molecular flexibility index (Phi) is 4.62. The van der Waals surface area contributed by atoms with Crippen LogP contribution in [0.4, 0.5) is 0 Å². The van der Waals surface area contributed by atoms with Gasteiger partial charge < -0.3 is 16.0 Å². The number of halogens is 1. The van der Waals surface area contributed by atoms with Crippen LogP contribution in [0.2, 0.25) is 5.02 Å². The van der Waals surface area contributed by atoms with E-state index in [2.05, 4.69) is 5.32 Å². The molecule has 3 N–H and O–H groups in total. The predicted molar refractivity (Wildman–Crippen MR) is 77.5 cm³/mol. The van der Waals surface area contributed by atoms with Gasteiger partial charge in [0.25, 0.3) is 0 Å². The molecule has 0 radical (unpaired) electrons. The van der Waals surface area contributed by atoms with Gasteiger partial charge in [-0.2, -0.15) is 0 Å². The molecule has 0 aliphatic carbocycles. The highest BCUT2D eigenvalue weighted by Crippen LogP contribution is 2.20. The Hall–Kier alpha value is -1.59. The summed E-state index contributed by atoms with van der Waals surface area (Å²) in [5, 5.41) is 3.62. The Morgan fingerprint density at radius 3 is 2.95 bits per heavy atom. The number of nitrogens with one attached hydrogen (secondary N) is 1. The molecule has 0 bridgehead atoms. The predicted octanol–water partition coefficient (Wildman–Crippen LogP) is 1.15. The maximum absolute atomic E-state index is 12.2. The van der Waals surface area contributed by atoms with Gasteiger partial charge in [-0.05, 0) is 37.6 Å². The second-order valence-corrected chi connectivity index (χ2v) is 5.37. The zero-order valence-electron chi connectivity index (χ0n) is 11.4. The molecule has 0 spiro atoms. The van der Waals surface area contributed by atoms with E-state index in [1.807, 2.05) is 6.92 Å². The van der Waals surface area contributed by atoms with Crippen molar-refractivity contribution in [3.8, 4) is 0 Å². The fraction of sp³-hybridized carbons (Fsp3) is 0.429. The summed E-state index contributed by atoms with van der Waals surface area (Å²) in [4.78, 5) is 25.1. The van der Waals surface area contributed by atoms with E-state index < -0.39 is 5.91 Å². The summed E-state index contributed by atoms with van der Waals surface area (Å²) in [5.74, 6) is -0.445. The Labute approximate surface area is 123 Å². The number of amides is 2. The molecule has 1 saturated heterocycles. The van der Waals surface area contributed by atoms with E-state index in [-0.39, 0.29) is 11.9 Å². The first kappa shape index (κ1) is 14.8. The number of carbonyl (C=O) groups excluding carboxylic acids is 2. The van der Waals surface area contributed by atoms with Crippen LogP contribution >= 0.6 is 11.6 Å². The highest BCUT2D eigenvalue weighted by molar-refractivity contribution is 6.31. The van der Waals surface area contributed by atoms with Crippen molar-refractivity contribution in [2.75, 3.05) is 13.1 Å². The Bertz CT molecular complexity index is 533. The summed E-state index contributed by atoms with van der Waals surface area (Å²) in [6, 6.07) is 4.75. The van der Waals surface area contributed by atoms with E-state index in [0.29, 0.717) is 23.7 Å². The van der Waals surface area contributed by atoms with Crippen LogP contribution in [-0.4, -0.2) is 35.8 Å². The minimum absolute atomic E-state index is 0.0672. The molecule has 1 aliphatic heterocycles. The van der Waals surface area contributed by atoms with Gasteiger partial charge in [-0.1, -0.05) is 17.7 Å². The summed E-state index contributed by atoms with van der Waals surface area (Å²) >= 11 is 6.16. The van der Waals surface area contributed by atoms with Crippen LogP contribution < -0.4 is 11.1 Å². The van der Waals surface area contributed by atoms with Crippen molar-refractivity contribution >= 4 is 23.4 Å². The zero-order valence-corrected chi connectivity index (χ0v) is 12.1. The Morgan fingerprint density at radius 2 is 2.30 bits per heavy atom. The van der Waals surface area contributed by atoms with Gasteiger partial charge in [0.05, 0.1) is 6.04 Å². The number of primary amides is 1. The van der Waals surface area contributed by atoms with E-state index in [0.717, 1.165) is 18.5 Å². The molecule has 2 rings (SSSR count). The van der Waals surface area contributed by atoms with Gasteiger partial charge in [0, 0.05) is 23.7 Å². The van der Waals surface area contributed by atoms with E-state index in [1.165, 1.54) is 0 Å². The average molecular weight is 296 g/mol. The van der Waals surface area contributed by atoms with E-state index >= 15 is 0 Å². The van der Waals surface area contributed by atoms with Crippen molar-refractivity contribution in [1.29, 1.82) is 0 Å². The molecule has 1 fully saturated rings. The van der Waals surface area contributed by atoms with Gasteiger partial charge in [-0.25, -0.2) is 0 Å². The van der Waals surface area contributed by atoms with Crippen LogP contribution in [0, 0.1) is 0 Å². The number of carbonyl (C=O) groups is 2. The monoisotopic (exact) mass is 295 g/mol. The standard InChI is InChI=1S/C14H18ClN3O2/c1-9-14(20)18(6-2-5-17-9)8-11-4-3-10(13(16)19)7-12(11)15/h3-4,7,9,17H,2,5-6,8H2,1H3,(H2,16,19). The molecule has 1 heterocycles. The van der Waals surface area contributed by atoms with Gasteiger partial charge in [-0.3, -0.25) is 9.59 Å². The molecule has 1 atom stereocenters. The van der Waals surface area contributed by atoms with Gasteiger partial charge in [-0.15, -0.1) is 0 Å². The number of hydrogen-bond acceptors (Lipinski definition) is 3. The first-order valence-electron chi connectivity index (χ1n) is 6.59. The lowest BCUT2D eigenvalue weighted by atomic mass is 10.1. The summed E-state index contributed by atoms with van der Waals surface area (Å²) in [6.07, 6.45) is 0.910. The van der Waals surface area contributed by atoms with Crippen molar-refractivity contribution in [2.24, 2.45) is 5.73 Å². The van der Waals surface area contributed by atoms with Crippen LogP contribution in [-0.2, 0) is 11.3 Å². The molecular formula is C14H18ClN3O2. The highest BCUT2D eigenvalue weighted by Gasteiger charge is 2.23. The molecule has 1 unspecified atom stereocenters. The summed E-state index contributed by atoms with van der Waals surface area (Å²) in [6.45, 7) is 3.84. The lowest BCUT2D eigenvalue weighted by molar-refractivity contribution is -0.132. The first-order valence-corrected chi connectivity index (χ1v) is 6.97. The van der Waals surface area contributed by atoms with Crippen LogP contribution in [0.5, 0.6) is 0 Å². The second kappa shape index (κ2) is 6.24. The molecule has 0 saturated carbocycles. The topological polar surface area (TPSA) is 75.4 Å². The summed E-state index contributed by atoms with van der Waals surface area (Å²) in [5.41, 5.74) is 6.40. The van der Waals surface area contributed by atoms with E-state index in [4.69, 9.17) is 17.3 Å². The van der Waals surface area contributed by atoms with Crippen LogP contribution in [0.15, 0.2) is 18.2 Å². The number of rotatable bonds is 3. The summed E-state index contributed by atoms with van der Waals surface area (Å²) in [7, 11) is 0. The number of nitrogens with two attached hydrogens (primary N) is 1. The fourth-order valence-electron chi connectivity index (χ4n) is 2.25. The quantitative estimate of drug-likeness (QED) is 0.878. The third-order valence-corrected chi connectivity index (χ3v) is 3.79. The minimum Gasteiger partial charge on any atom is -0.366 e. The van der Waals surface area contributed by atoms with E-state index in [1.54, 1.807) is 23.1 Å². The fourth-order valence-corrected chi connectivity index (χ4v) is 2.49. The molecule has 1 aromatic carbocycles. The molecule has 6 heteroatoms. The van der Waals surface area contributed by atoms with Gasteiger partial charge in [0.15, 0.2) is 0 Å². The number of hydrogen-bond donors (Lipinski definition) is 2. The lowest BCUT2D eigenvalue weighted by Crippen LogP contribution is -2.41. The molecule has 108 valence electrons. The van der Waals surface area contributed by atoms with Gasteiger partial charge >= 0.3 is 0 Å². The van der Waals surface area contributed by atoms with Crippen LogP contribution in [0.25, 0.3) is 0 Å². The van der Waals surface area contributed by atoms with Crippen molar-refractivity contribution in [3.05, 3.63) is 34.3 Å². The van der Waals surface area contributed by atoms with E-state index in [9.17, 15) is 9.59 Å². The third kappa shape index (κ3) is 3.29. The minimum atomic E-state index is -0.512. The normalized spacial score (nSPS) is 19.8. The molecular weight excluding hydrogens is 278 g/mol. The van der Waals surface area contributed by atoms with Crippen molar-refractivity contribution in [1.82, 2.24) is 10.2 Å². The average Bonchev–Trinajstić information content (AvgIpc) is 2.56. The molecule has 1 aromatic rings. The van der Waals surface area contributed by atoms with Gasteiger partial charge in [0.2, 0.25) is 11.8 Å². The Morgan fingerprint density at radius 1 is 1.55 bits per heavy atom. The van der Waals surface area contributed by atoms with Crippen LogP contribution in [0.1, 0.15) is 29.3 Å². The maximum Gasteiger partial charge on any atom is 0.248 e. The molecule has 2 amide bonds. The maximum atomic E-state index is 12.2. The summed E-state index contributed by atoms with van der Waals surface area (Å²) < 4.78 is 0. The Balaban J connectivity index is 2.16. The van der Waals surface area contributed by atoms with Crippen molar-refractivity contribution in [2.45, 2.75) is 25.9 Å². The zero-order chi connectivity index (χ0) is 14.7. The van der Waals surface area contributed by atoms with Crippen molar-refractivity contribution in [3.63, 3.8) is 0 Å². The highest BCUT2D eigenvalue weighted by atomic mass is 35.5. The molecule has 1 aliphatic rings.